The maximum atomic E-state index is 11.9. The molecule has 0 aliphatic heterocycles. The van der Waals surface area contributed by atoms with E-state index < -0.39 is 5.97 Å². The molecule has 0 saturated heterocycles. The molecule has 0 bridgehead atoms. The van der Waals surface area contributed by atoms with Crippen molar-refractivity contribution >= 4 is 5.97 Å². The van der Waals surface area contributed by atoms with Crippen LogP contribution in [0.15, 0.2) is 77.8 Å². The Kier molecular flexibility index (Phi) is 5.60. The molecule has 22 heavy (non-hydrogen) atoms. The van der Waals surface area contributed by atoms with Crippen LogP contribution in [0.1, 0.15) is 6.42 Å². The fraction of sp³-hybridized carbons (Fsp3) is 0.167. The second kappa shape index (κ2) is 7.88. The Morgan fingerprint density at radius 3 is 2.64 bits per heavy atom. The van der Waals surface area contributed by atoms with E-state index in [2.05, 4.69) is 0 Å². The quantitative estimate of drug-likeness (QED) is 0.474. The SMILES string of the molecule is COC=C(C(=O)OC)C1=CC=CCC1=COc1ccccc1. The monoisotopic (exact) mass is 298 g/mol. The summed E-state index contributed by atoms with van der Waals surface area (Å²) in [7, 11) is 2.83. The first-order valence-electron chi connectivity index (χ1n) is 6.86. The van der Waals surface area contributed by atoms with Crippen molar-refractivity contribution in [2.75, 3.05) is 14.2 Å². The molecule has 0 unspecified atom stereocenters. The summed E-state index contributed by atoms with van der Waals surface area (Å²) in [6.07, 6.45) is 9.42. The molecule has 4 nitrogen and oxygen atoms in total. The number of rotatable bonds is 5. The number of allylic oxidation sites excluding steroid dienone is 4. The van der Waals surface area contributed by atoms with Gasteiger partial charge in [0.15, 0.2) is 0 Å². The molecule has 0 fully saturated rings. The lowest BCUT2D eigenvalue weighted by atomic mass is 9.93. The van der Waals surface area contributed by atoms with Crippen LogP contribution in [0, 0.1) is 0 Å². The minimum atomic E-state index is -0.450. The van der Waals surface area contributed by atoms with Gasteiger partial charge in [0.05, 0.1) is 26.7 Å². The molecule has 0 atom stereocenters. The van der Waals surface area contributed by atoms with Gasteiger partial charge in [-0.05, 0) is 29.7 Å². The van der Waals surface area contributed by atoms with Gasteiger partial charge in [-0.25, -0.2) is 4.79 Å². The minimum absolute atomic E-state index is 0.359. The molecule has 4 heteroatoms. The van der Waals surface area contributed by atoms with Gasteiger partial charge >= 0.3 is 5.97 Å². The molecule has 114 valence electrons. The van der Waals surface area contributed by atoms with E-state index in [1.165, 1.54) is 20.5 Å². The molecule has 1 aromatic carbocycles. The van der Waals surface area contributed by atoms with Crippen molar-refractivity contribution in [2.24, 2.45) is 0 Å². The van der Waals surface area contributed by atoms with E-state index in [1.54, 1.807) is 6.26 Å². The summed E-state index contributed by atoms with van der Waals surface area (Å²) in [6.45, 7) is 0. The number of hydrogen-bond acceptors (Lipinski definition) is 4. The molecule has 1 aromatic rings. The lowest BCUT2D eigenvalue weighted by molar-refractivity contribution is -0.135. The minimum Gasteiger partial charge on any atom is -0.503 e. The van der Waals surface area contributed by atoms with E-state index in [9.17, 15) is 4.79 Å². The third kappa shape index (κ3) is 3.88. The number of methoxy groups -OCH3 is 2. The van der Waals surface area contributed by atoms with Crippen LogP contribution >= 0.6 is 0 Å². The average molecular weight is 298 g/mol. The van der Waals surface area contributed by atoms with Crippen molar-refractivity contribution in [3.05, 3.63) is 77.8 Å². The molecule has 0 saturated carbocycles. The summed E-state index contributed by atoms with van der Waals surface area (Å²) in [5, 5.41) is 0. The highest BCUT2D eigenvalue weighted by Gasteiger charge is 2.20. The third-order valence-electron chi connectivity index (χ3n) is 3.09. The fourth-order valence-electron chi connectivity index (χ4n) is 2.04. The first kappa shape index (κ1) is 15.6. The number of para-hydroxylation sites is 1. The molecule has 1 aliphatic carbocycles. The van der Waals surface area contributed by atoms with Crippen LogP contribution in [0.2, 0.25) is 0 Å². The summed E-state index contributed by atoms with van der Waals surface area (Å²) < 4.78 is 15.5. The number of esters is 1. The van der Waals surface area contributed by atoms with Gasteiger partial charge in [0, 0.05) is 0 Å². The van der Waals surface area contributed by atoms with Crippen LogP contribution in [0.25, 0.3) is 0 Å². The molecule has 0 amide bonds. The number of ether oxygens (including phenoxy) is 3. The van der Waals surface area contributed by atoms with Crippen molar-refractivity contribution in [1.82, 2.24) is 0 Å². The third-order valence-corrected chi connectivity index (χ3v) is 3.09. The lowest BCUT2D eigenvalue weighted by Crippen LogP contribution is -2.11. The van der Waals surface area contributed by atoms with Gasteiger partial charge in [-0.15, -0.1) is 0 Å². The zero-order valence-corrected chi connectivity index (χ0v) is 12.6. The normalized spacial score (nSPS) is 16.2. The second-order valence-electron chi connectivity index (χ2n) is 4.55. The molecule has 0 spiro atoms. The molecular formula is C18H18O4. The Morgan fingerprint density at radius 2 is 1.95 bits per heavy atom. The summed E-state index contributed by atoms with van der Waals surface area (Å²) in [6, 6.07) is 9.45. The van der Waals surface area contributed by atoms with Gasteiger partial charge in [-0.2, -0.15) is 0 Å². The largest absolute Gasteiger partial charge is 0.503 e. The van der Waals surface area contributed by atoms with Gasteiger partial charge in [-0.3, -0.25) is 0 Å². The van der Waals surface area contributed by atoms with Crippen molar-refractivity contribution in [1.29, 1.82) is 0 Å². The number of carbonyl (C=O) groups excluding carboxylic acids is 1. The van der Waals surface area contributed by atoms with Crippen molar-refractivity contribution < 1.29 is 19.0 Å². The molecule has 2 rings (SSSR count). The van der Waals surface area contributed by atoms with E-state index in [1.807, 2.05) is 48.6 Å². The first-order valence-corrected chi connectivity index (χ1v) is 6.86. The van der Waals surface area contributed by atoms with Crippen molar-refractivity contribution in [3.63, 3.8) is 0 Å². The van der Waals surface area contributed by atoms with Crippen molar-refractivity contribution in [3.8, 4) is 5.75 Å². The smallest absolute Gasteiger partial charge is 0.341 e. The number of benzene rings is 1. The molecule has 0 heterocycles. The second-order valence-corrected chi connectivity index (χ2v) is 4.55. The first-order chi connectivity index (χ1) is 10.8. The van der Waals surface area contributed by atoms with Gasteiger partial charge in [0.1, 0.15) is 11.3 Å². The highest BCUT2D eigenvalue weighted by atomic mass is 16.5. The molecule has 1 aliphatic rings. The Hall–Kier alpha value is -2.75. The van der Waals surface area contributed by atoms with E-state index >= 15 is 0 Å². The van der Waals surface area contributed by atoms with E-state index in [4.69, 9.17) is 14.2 Å². The average Bonchev–Trinajstić information content (AvgIpc) is 2.58. The molecule has 0 N–H and O–H groups in total. The number of hydrogen-bond donors (Lipinski definition) is 0. The maximum Gasteiger partial charge on any atom is 0.341 e. The van der Waals surface area contributed by atoms with Gasteiger partial charge in [0.2, 0.25) is 0 Å². The number of carbonyl (C=O) groups is 1. The highest BCUT2D eigenvalue weighted by Crippen LogP contribution is 2.27. The fourth-order valence-corrected chi connectivity index (χ4v) is 2.04. The van der Waals surface area contributed by atoms with Gasteiger partial charge < -0.3 is 14.2 Å². The van der Waals surface area contributed by atoms with Crippen LogP contribution in [0.3, 0.4) is 0 Å². The topological polar surface area (TPSA) is 44.8 Å². The van der Waals surface area contributed by atoms with Gasteiger partial charge in [-0.1, -0.05) is 36.4 Å². The molecule has 0 aromatic heterocycles. The summed E-state index contributed by atoms with van der Waals surface area (Å²) in [5.41, 5.74) is 1.96. The maximum absolute atomic E-state index is 11.9. The summed E-state index contributed by atoms with van der Waals surface area (Å²) in [4.78, 5) is 11.9. The van der Waals surface area contributed by atoms with Crippen LogP contribution in [0.5, 0.6) is 5.75 Å². The van der Waals surface area contributed by atoms with Crippen LogP contribution in [0.4, 0.5) is 0 Å². The predicted molar refractivity (Wildman–Crippen MR) is 84.1 cm³/mol. The van der Waals surface area contributed by atoms with Crippen molar-refractivity contribution in [2.45, 2.75) is 6.42 Å². The zero-order chi connectivity index (χ0) is 15.8. The summed E-state index contributed by atoms with van der Waals surface area (Å²) in [5.74, 6) is 0.285. The zero-order valence-electron chi connectivity index (χ0n) is 12.6. The standard InChI is InChI=1S/C18H18O4/c1-20-13-17(18(19)21-2)16-11-7-6-8-14(16)12-22-15-9-4-3-5-10-15/h3-7,9-13H,8H2,1-2H3. The van der Waals surface area contributed by atoms with E-state index in [-0.39, 0.29) is 0 Å². The predicted octanol–water partition coefficient (Wildman–Crippen LogP) is 3.54. The Bertz CT molecular complexity index is 636. The van der Waals surface area contributed by atoms with E-state index in [0.29, 0.717) is 12.0 Å². The van der Waals surface area contributed by atoms with Crippen LogP contribution in [-0.4, -0.2) is 20.2 Å². The Labute approximate surface area is 130 Å². The van der Waals surface area contributed by atoms with Crippen LogP contribution < -0.4 is 4.74 Å². The lowest BCUT2D eigenvalue weighted by Gasteiger charge is -2.15. The Balaban J connectivity index is 2.27. The van der Waals surface area contributed by atoms with Crippen LogP contribution in [-0.2, 0) is 14.3 Å². The van der Waals surface area contributed by atoms with Gasteiger partial charge in [0.25, 0.3) is 0 Å². The van der Waals surface area contributed by atoms with E-state index in [0.717, 1.165) is 16.9 Å². The Morgan fingerprint density at radius 1 is 1.18 bits per heavy atom. The molecule has 0 radical (unpaired) electrons. The summed E-state index contributed by atoms with van der Waals surface area (Å²) >= 11 is 0. The highest BCUT2D eigenvalue weighted by molar-refractivity contribution is 5.95. The molecular weight excluding hydrogens is 280 g/mol.